The number of nitrogens with zero attached hydrogens (tertiary/aromatic N) is 2. The zero-order chi connectivity index (χ0) is 16.7. The third-order valence-corrected chi connectivity index (χ3v) is 4.69. The average Bonchev–Trinajstić information content (AvgIpc) is 3.18. The summed E-state index contributed by atoms with van der Waals surface area (Å²) in [6.07, 6.45) is 2.13. The molecule has 1 fully saturated rings. The van der Waals surface area contributed by atoms with Crippen LogP contribution in [0.2, 0.25) is 0 Å². The van der Waals surface area contributed by atoms with E-state index in [9.17, 15) is 4.79 Å². The molecule has 0 spiro atoms. The quantitative estimate of drug-likeness (QED) is 0.383. The van der Waals surface area contributed by atoms with Gasteiger partial charge in [0.15, 0.2) is 5.96 Å². The number of amides is 1. The first kappa shape index (κ1) is 21.2. The fourth-order valence-electron chi connectivity index (χ4n) is 2.29. The number of rotatable bonds is 6. The molecule has 2 heterocycles. The summed E-state index contributed by atoms with van der Waals surface area (Å²) in [4.78, 5) is 18.9. The van der Waals surface area contributed by atoms with Gasteiger partial charge >= 0.3 is 0 Å². The van der Waals surface area contributed by atoms with Gasteiger partial charge in [0.2, 0.25) is 5.91 Å². The van der Waals surface area contributed by atoms with E-state index in [1.165, 1.54) is 4.88 Å². The molecule has 0 saturated carbocycles. The second-order valence-electron chi connectivity index (χ2n) is 6.14. The second-order valence-corrected chi connectivity index (χ2v) is 7.17. The summed E-state index contributed by atoms with van der Waals surface area (Å²) < 4.78 is 5.79. The third-order valence-electron chi connectivity index (χ3n) is 3.81. The topological polar surface area (TPSA) is 66.0 Å². The SMILES string of the molecule is CN(C)C(=O)CN=C(NCc1cccs1)NCC1(C)CCCO1.I. The Labute approximate surface area is 165 Å². The monoisotopic (exact) mass is 466 g/mol. The number of hydrogen-bond donors (Lipinski definition) is 2. The lowest BCUT2D eigenvalue weighted by Crippen LogP contribution is -2.45. The zero-order valence-electron chi connectivity index (χ0n) is 14.5. The van der Waals surface area contributed by atoms with Gasteiger partial charge in [0, 0.05) is 32.1 Å². The number of halogens is 1. The summed E-state index contributed by atoms with van der Waals surface area (Å²) in [6.45, 7) is 4.42. The van der Waals surface area contributed by atoms with E-state index in [1.807, 2.05) is 11.4 Å². The van der Waals surface area contributed by atoms with Gasteiger partial charge in [-0.15, -0.1) is 35.3 Å². The first-order chi connectivity index (χ1) is 11.0. The molecule has 0 bridgehead atoms. The number of thiophene rings is 1. The molecule has 0 aliphatic carbocycles. The standard InChI is InChI=1S/C16H26N4O2S.HI/c1-16(7-5-8-22-16)12-19-15(18-11-14(21)20(2)3)17-10-13-6-4-9-23-13;/h4,6,9H,5,7-8,10-12H2,1-3H3,(H2,17,18,19);1H. The van der Waals surface area contributed by atoms with Crippen molar-refractivity contribution in [3.8, 4) is 0 Å². The van der Waals surface area contributed by atoms with Crippen LogP contribution in [0.4, 0.5) is 0 Å². The molecule has 1 aromatic rings. The maximum Gasteiger partial charge on any atom is 0.243 e. The van der Waals surface area contributed by atoms with Gasteiger partial charge in [-0.3, -0.25) is 4.79 Å². The largest absolute Gasteiger partial charge is 0.373 e. The van der Waals surface area contributed by atoms with Gasteiger partial charge in [-0.2, -0.15) is 0 Å². The van der Waals surface area contributed by atoms with Crippen molar-refractivity contribution in [1.29, 1.82) is 0 Å². The lowest BCUT2D eigenvalue weighted by Gasteiger charge is -2.24. The molecular weight excluding hydrogens is 439 g/mol. The molecule has 2 rings (SSSR count). The van der Waals surface area contributed by atoms with E-state index in [4.69, 9.17) is 4.74 Å². The first-order valence-corrected chi connectivity index (χ1v) is 8.75. The zero-order valence-corrected chi connectivity index (χ0v) is 17.6. The smallest absolute Gasteiger partial charge is 0.243 e. The van der Waals surface area contributed by atoms with Crippen LogP contribution in [0.1, 0.15) is 24.6 Å². The molecule has 0 aromatic carbocycles. The molecule has 1 aromatic heterocycles. The molecule has 1 saturated heterocycles. The number of guanidine groups is 1. The molecule has 2 N–H and O–H groups in total. The maximum atomic E-state index is 11.7. The molecule has 1 unspecified atom stereocenters. The van der Waals surface area contributed by atoms with Crippen molar-refractivity contribution in [2.24, 2.45) is 4.99 Å². The van der Waals surface area contributed by atoms with Crippen LogP contribution < -0.4 is 10.6 Å². The van der Waals surface area contributed by atoms with Crippen molar-refractivity contribution in [3.05, 3.63) is 22.4 Å². The average molecular weight is 466 g/mol. The predicted molar refractivity (Wildman–Crippen MR) is 109 cm³/mol. The van der Waals surface area contributed by atoms with Crippen LogP contribution in [0, 0.1) is 0 Å². The molecule has 8 heteroatoms. The fraction of sp³-hybridized carbons (Fsp3) is 0.625. The summed E-state index contributed by atoms with van der Waals surface area (Å²) in [7, 11) is 3.47. The number of likely N-dealkylation sites (N-methyl/N-ethyl adjacent to an activating group) is 1. The van der Waals surface area contributed by atoms with Crippen LogP contribution in [-0.2, 0) is 16.1 Å². The third kappa shape index (κ3) is 6.94. The summed E-state index contributed by atoms with van der Waals surface area (Å²) in [5.74, 6) is 0.621. The summed E-state index contributed by atoms with van der Waals surface area (Å²) >= 11 is 1.69. The predicted octanol–water partition coefficient (Wildman–Crippen LogP) is 2.06. The van der Waals surface area contributed by atoms with E-state index < -0.39 is 0 Å². The highest BCUT2D eigenvalue weighted by Gasteiger charge is 2.29. The Balaban J connectivity index is 0.00000288. The summed E-state index contributed by atoms with van der Waals surface area (Å²) in [5.41, 5.74) is -0.156. The van der Waals surface area contributed by atoms with Crippen LogP contribution in [0.5, 0.6) is 0 Å². The van der Waals surface area contributed by atoms with Crippen molar-refractivity contribution >= 4 is 47.2 Å². The van der Waals surface area contributed by atoms with Crippen LogP contribution in [0.3, 0.4) is 0 Å². The van der Waals surface area contributed by atoms with Crippen molar-refractivity contribution in [2.45, 2.75) is 31.9 Å². The number of hydrogen-bond acceptors (Lipinski definition) is 4. The highest BCUT2D eigenvalue weighted by Crippen LogP contribution is 2.23. The molecule has 136 valence electrons. The minimum absolute atomic E-state index is 0. The number of nitrogens with one attached hydrogen (secondary N) is 2. The first-order valence-electron chi connectivity index (χ1n) is 7.87. The van der Waals surface area contributed by atoms with Crippen LogP contribution in [-0.4, -0.2) is 56.2 Å². The van der Waals surface area contributed by atoms with Gasteiger partial charge in [-0.25, -0.2) is 4.99 Å². The van der Waals surface area contributed by atoms with Crippen LogP contribution in [0.15, 0.2) is 22.5 Å². The highest BCUT2D eigenvalue weighted by molar-refractivity contribution is 14.0. The van der Waals surface area contributed by atoms with Crippen LogP contribution in [0.25, 0.3) is 0 Å². The lowest BCUT2D eigenvalue weighted by molar-refractivity contribution is -0.127. The van der Waals surface area contributed by atoms with Crippen molar-refractivity contribution < 1.29 is 9.53 Å². The fourth-order valence-corrected chi connectivity index (χ4v) is 2.94. The summed E-state index contributed by atoms with van der Waals surface area (Å²) in [6, 6.07) is 4.09. The van der Waals surface area contributed by atoms with Crippen LogP contribution >= 0.6 is 35.3 Å². The number of ether oxygens (including phenoxy) is 1. The molecule has 24 heavy (non-hydrogen) atoms. The Hall–Kier alpha value is -0.870. The van der Waals surface area contributed by atoms with Gasteiger partial charge in [0.25, 0.3) is 0 Å². The molecule has 1 aliphatic rings. The normalized spacial score (nSPS) is 20.4. The van der Waals surface area contributed by atoms with E-state index >= 15 is 0 Å². The van der Waals surface area contributed by atoms with Gasteiger partial charge in [0.1, 0.15) is 6.54 Å². The Kier molecular flexibility index (Phi) is 8.99. The van der Waals surface area contributed by atoms with Crippen molar-refractivity contribution in [2.75, 3.05) is 33.8 Å². The molecule has 6 nitrogen and oxygen atoms in total. The Bertz CT molecular complexity index is 528. The minimum Gasteiger partial charge on any atom is -0.373 e. The molecule has 1 amide bonds. The molecular formula is C16H27IN4O2S. The highest BCUT2D eigenvalue weighted by atomic mass is 127. The number of aliphatic imine (C=N–C) groups is 1. The minimum atomic E-state index is -0.156. The summed E-state index contributed by atoms with van der Waals surface area (Å²) in [5, 5.41) is 8.63. The van der Waals surface area contributed by atoms with Gasteiger partial charge in [0.05, 0.1) is 12.1 Å². The Morgan fingerprint density at radius 1 is 1.46 bits per heavy atom. The van der Waals surface area contributed by atoms with E-state index in [1.54, 1.807) is 30.3 Å². The van der Waals surface area contributed by atoms with E-state index in [0.717, 1.165) is 19.4 Å². The van der Waals surface area contributed by atoms with Crippen molar-refractivity contribution in [3.63, 3.8) is 0 Å². The van der Waals surface area contributed by atoms with E-state index in [-0.39, 0.29) is 42.0 Å². The molecule has 0 radical (unpaired) electrons. The second kappa shape index (κ2) is 10.2. The molecule has 1 atom stereocenters. The number of carbonyl (C=O) groups excluding carboxylic acids is 1. The lowest BCUT2D eigenvalue weighted by atomic mass is 10.0. The van der Waals surface area contributed by atoms with Crippen molar-refractivity contribution in [1.82, 2.24) is 15.5 Å². The maximum absolute atomic E-state index is 11.7. The van der Waals surface area contributed by atoms with Gasteiger partial charge < -0.3 is 20.3 Å². The van der Waals surface area contributed by atoms with E-state index in [0.29, 0.717) is 19.0 Å². The van der Waals surface area contributed by atoms with E-state index in [2.05, 4.69) is 28.6 Å². The molecule has 1 aliphatic heterocycles. The Morgan fingerprint density at radius 2 is 2.25 bits per heavy atom. The van der Waals surface area contributed by atoms with Gasteiger partial charge in [-0.1, -0.05) is 6.07 Å². The number of carbonyl (C=O) groups is 1. The Morgan fingerprint density at radius 3 is 2.83 bits per heavy atom. The van der Waals surface area contributed by atoms with Gasteiger partial charge in [-0.05, 0) is 31.2 Å².